The maximum Gasteiger partial charge on any atom is 0.303 e. The molecule has 0 radical (unpaired) electrons. The fraction of sp³-hybridized carbons (Fsp3) is 0.385. The SMILES string of the molecule is CC(C)(CC(=O)O)CC(=O)c1cc(F)ccc1F. The van der Waals surface area contributed by atoms with Crippen LogP contribution in [0, 0.1) is 17.0 Å². The van der Waals surface area contributed by atoms with Crippen LogP contribution in [0.4, 0.5) is 8.78 Å². The van der Waals surface area contributed by atoms with Crippen LogP contribution >= 0.6 is 0 Å². The van der Waals surface area contributed by atoms with Crippen molar-refractivity contribution in [2.75, 3.05) is 0 Å². The zero-order valence-electron chi connectivity index (χ0n) is 10.2. The Morgan fingerprint density at radius 1 is 1.22 bits per heavy atom. The van der Waals surface area contributed by atoms with Gasteiger partial charge in [-0.2, -0.15) is 0 Å². The molecule has 0 aromatic heterocycles. The molecule has 0 aliphatic carbocycles. The van der Waals surface area contributed by atoms with Gasteiger partial charge in [-0.3, -0.25) is 9.59 Å². The van der Waals surface area contributed by atoms with Crippen molar-refractivity contribution < 1.29 is 23.5 Å². The van der Waals surface area contributed by atoms with Gasteiger partial charge in [-0.1, -0.05) is 13.8 Å². The lowest BCUT2D eigenvalue weighted by Crippen LogP contribution is -2.21. The van der Waals surface area contributed by atoms with Gasteiger partial charge >= 0.3 is 5.97 Å². The summed E-state index contributed by atoms with van der Waals surface area (Å²) in [4.78, 5) is 22.4. The zero-order chi connectivity index (χ0) is 13.9. The van der Waals surface area contributed by atoms with Gasteiger partial charge in [-0.05, 0) is 23.6 Å². The van der Waals surface area contributed by atoms with Gasteiger partial charge in [0, 0.05) is 6.42 Å². The van der Waals surface area contributed by atoms with E-state index in [0.717, 1.165) is 18.2 Å². The molecule has 0 atom stereocenters. The molecule has 0 heterocycles. The number of hydrogen-bond acceptors (Lipinski definition) is 2. The van der Waals surface area contributed by atoms with Crippen LogP contribution in [0.15, 0.2) is 18.2 Å². The summed E-state index contributed by atoms with van der Waals surface area (Å²) in [5.74, 6) is -3.13. The monoisotopic (exact) mass is 256 g/mol. The van der Waals surface area contributed by atoms with Gasteiger partial charge < -0.3 is 5.11 Å². The van der Waals surface area contributed by atoms with E-state index >= 15 is 0 Å². The summed E-state index contributed by atoms with van der Waals surface area (Å²) < 4.78 is 26.3. The summed E-state index contributed by atoms with van der Waals surface area (Å²) in [5, 5.41) is 8.69. The number of rotatable bonds is 5. The number of halogens is 2. The van der Waals surface area contributed by atoms with E-state index in [1.807, 2.05) is 0 Å². The van der Waals surface area contributed by atoms with Crippen LogP contribution in [0.25, 0.3) is 0 Å². The topological polar surface area (TPSA) is 54.4 Å². The molecule has 5 heteroatoms. The van der Waals surface area contributed by atoms with Crippen LogP contribution in [0.1, 0.15) is 37.0 Å². The minimum atomic E-state index is -1.03. The Hall–Kier alpha value is -1.78. The Labute approximate surface area is 103 Å². The van der Waals surface area contributed by atoms with Crippen LogP contribution in [-0.2, 0) is 4.79 Å². The van der Waals surface area contributed by atoms with Gasteiger partial charge in [0.25, 0.3) is 0 Å². The van der Waals surface area contributed by atoms with Gasteiger partial charge in [0.15, 0.2) is 5.78 Å². The summed E-state index contributed by atoms with van der Waals surface area (Å²) in [6.07, 6.45) is -0.366. The van der Waals surface area contributed by atoms with E-state index in [9.17, 15) is 18.4 Å². The lowest BCUT2D eigenvalue weighted by Gasteiger charge is -2.21. The molecule has 0 amide bonds. The maximum atomic E-state index is 13.4. The Kier molecular flexibility index (Phi) is 4.16. The molecule has 1 rings (SSSR count). The Morgan fingerprint density at radius 2 is 1.83 bits per heavy atom. The van der Waals surface area contributed by atoms with Gasteiger partial charge in [0.2, 0.25) is 0 Å². The highest BCUT2D eigenvalue weighted by molar-refractivity contribution is 5.96. The predicted molar refractivity (Wildman–Crippen MR) is 61.3 cm³/mol. The third-order valence-electron chi connectivity index (χ3n) is 2.50. The summed E-state index contributed by atoms with van der Waals surface area (Å²) in [6.45, 7) is 3.19. The molecule has 3 nitrogen and oxygen atoms in total. The molecule has 1 N–H and O–H groups in total. The second-order valence-electron chi connectivity index (χ2n) is 4.96. The number of carboxylic acid groups (broad SMARTS) is 1. The number of aliphatic carboxylic acids is 1. The number of ketones is 1. The molecule has 98 valence electrons. The first-order valence-electron chi connectivity index (χ1n) is 5.41. The molecule has 0 unspecified atom stereocenters. The standard InChI is InChI=1S/C13H14F2O3/c1-13(2,7-12(17)18)6-11(16)9-5-8(14)3-4-10(9)15/h3-5H,6-7H2,1-2H3,(H,17,18). The second kappa shape index (κ2) is 5.25. The zero-order valence-corrected chi connectivity index (χ0v) is 10.2. The highest BCUT2D eigenvalue weighted by Gasteiger charge is 2.27. The Balaban J connectivity index is 2.88. The van der Waals surface area contributed by atoms with Crippen molar-refractivity contribution in [3.05, 3.63) is 35.4 Å². The van der Waals surface area contributed by atoms with E-state index in [4.69, 9.17) is 5.11 Å². The molecule has 0 aliphatic heterocycles. The van der Waals surface area contributed by atoms with Gasteiger partial charge in [-0.15, -0.1) is 0 Å². The van der Waals surface area contributed by atoms with Crippen molar-refractivity contribution in [2.24, 2.45) is 5.41 Å². The smallest absolute Gasteiger partial charge is 0.303 e. The first kappa shape index (κ1) is 14.3. The summed E-state index contributed by atoms with van der Waals surface area (Å²) in [6, 6.07) is 2.63. The first-order valence-corrected chi connectivity index (χ1v) is 5.41. The predicted octanol–water partition coefficient (Wildman–Crippen LogP) is 3.04. The number of carboxylic acids is 1. The van der Waals surface area contributed by atoms with E-state index in [1.165, 1.54) is 0 Å². The van der Waals surface area contributed by atoms with Gasteiger partial charge in [-0.25, -0.2) is 8.78 Å². The number of Topliss-reactive ketones (excluding diaryl/α,β-unsaturated/α-hetero) is 1. The van der Waals surface area contributed by atoms with Crippen LogP contribution in [0.3, 0.4) is 0 Å². The lowest BCUT2D eigenvalue weighted by molar-refractivity contribution is -0.139. The Bertz CT molecular complexity index is 481. The average Bonchev–Trinajstić information content (AvgIpc) is 2.18. The van der Waals surface area contributed by atoms with Crippen molar-refractivity contribution in [2.45, 2.75) is 26.7 Å². The molecule has 0 saturated heterocycles. The fourth-order valence-corrected chi connectivity index (χ4v) is 1.71. The van der Waals surface area contributed by atoms with E-state index in [0.29, 0.717) is 0 Å². The van der Waals surface area contributed by atoms with Crippen LogP contribution in [0.2, 0.25) is 0 Å². The van der Waals surface area contributed by atoms with E-state index < -0.39 is 28.8 Å². The molecule has 0 aliphatic rings. The number of hydrogen-bond donors (Lipinski definition) is 1. The fourth-order valence-electron chi connectivity index (χ4n) is 1.71. The van der Waals surface area contributed by atoms with Crippen molar-refractivity contribution in [1.29, 1.82) is 0 Å². The average molecular weight is 256 g/mol. The highest BCUT2D eigenvalue weighted by Crippen LogP contribution is 2.27. The van der Waals surface area contributed by atoms with E-state index in [-0.39, 0.29) is 18.4 Å². The third-order valence-corrected chi connectivity index (χ3v) is 2.50. The summed E-state index contributed by atoms with van der Waals surface area (Å²) >= 11 is 0. The molecule has 18 heavy (non-hydrogen) atoms. The molecule has 0 spiro atoms. The van der Waals surface area contributed by atoms with E-state index in [2.05, 4.69) is 0 Å². The molecular weight excluding hydrogens is 242 g/mol. The lowest BCUT2D eigenvalue weighted by atomic mass is 9.82. The maximum absolute atomic E-state index is 13.4. The van der Waals surface area contributed by atoms with Crippen LogP contribution in [-0.4, -0.2) is 16.9 Å². The van der Waals surface area contributed by atoms with Crippen molar-refractivity contribution in [3.63, 3.8) is 0 Å². The highest BCUT2D eigenvalue weighted by atomic mass is 19.1. The van der Waals surface area contributed by atoms with Gasteiger partial charge in [0.1, 0.15) is 11.6 Å². The van der Waals surface area contributed by atoms with Crippen molar-refractivity contribution in [3.8, 4) is 0 Å². The minimum Gasteiger partial charge on any atom is -0.481 e. The van der Waals surface area contributed by atoms with Crippen LogP contribution in [0.5, 0.6) is 0 Å². The van der Waals surface area contributed by atoms with E-state index in [1.54, 1.807) is 13.8 Å². The Morgan fingerprint density at radius 3 is 2.39 bits per heavy atom. The number of carbonyl (C=O) groups excluding carboxylic acids is 1. The number of carbonyl (C=O) groups is 2. The minimum absolute atomic E-state index is 0.153. The summed E-state index contributed by atoms with van der Waals surface area (Å²) in [7, 11) is 0. The molecule has 0 saturated carbocycles. The van der Waals surface area contributed by atoms with Gasteiger partial charge in [0.05, 0.1) is 12.0 Å². The number of benzene rings is 1. The van der Waals surface area contributed by atoms with Crippen molar-refractivity contribution >= 4 is 11.8 Å². The molecule has 1 aromatic rings. The molecule has 0 fully saturated rings. The first-order chi connectivity index (χ1) is 8.21. The summed E-state index contributed by atoms with van der Waals surface area (Å²) in [5.41, 5.74) is -1.14. The molecule has 1 aromatic carbocycles. The normalized spacial score (nSPS) is 11.3. The quantitative estimate of drug-likeness (QED) is 0.824. The largest absolute Gasteiger partial charge is 0.481 e. The van der Waals surface area contributed by atoms with Crippen molar-refractivity contribution in [1.82, 2.24) is 0 Å². The van der Waals surface area contributed by atoms with Crippen LogP contribution < -0.4 is 0 Å². The molecule has 0 bridgehead atoms. The second-order valence-corrected chi connectivity index (χ2v) is 4.96. The third kappa shape index (κ3) is 3.91. The molecular formula is C13H14F2O3.